The minimum Gasteiger partial charge on any atom is -0.330 e. The lowest BCUT2D eigenvalue weighted by atomic mass is 10.1. The Balaban J connectivity index is 2.72. The molecule has 0 aliphatic rings. The minimum absolute atomic E-state index is 0.304. The quantitative estimate of drug-likeness (QED) is 0.819. The fourth-order valence-electron chi connectivity index (χ4n) is 1.53. The molecule has 1 aromatic carbocycles. The molecule has 0 aromatic heterocycles. The Morgan fingerprint density at radius 1 is 1.50 bits per heavy atom. The van der Waals surface area contributed by atoms with E-state index in [1.54, 1.807) is 0 Å². The van der Waals surface area contributed by atoms with Crippen molar-refractivity contribution in [3.05, 3.63) is 35.1 Å². The molecule has 0 aliphatic carbocycles. The maximum absolute atomic E-state index is 13.0. The van der Waals surface area contributed by atoms with Crippen LogP contribution in [0.1, 0.15) is 17.5 Å². The third kappa shape index (κ3) is 3.61. The monoisotopic (exact) mass is 221 g/mol. The first kappa shape index (κ1) is 12.6. The number of nitriles is 1. The summed E-state index contributed by atoms with van der Waals surface area (Å²) in [6.07, 6.45) is 0.897. The van der Waals surface area contributed by atoms with E-state index in [4.69, 9.17) is 11.0 Å². The molecule has 0 bridgehead atoms. The van der Waals surface area contributed by atoms with E-state index < -0.39 is 0 Å². The van der Waals surface area contributed by atoms with Crippen molar-refractivity contribution >= 4 is 0 Å². The van der Waals surface area contributed by atoms with Gasteiger partial charge in [-0.3, -0.25) is 0 Å². The van der Waals surface area contributed by atoms with Crippen LogP contribution in [-0.4, -0.2) is 25.0 Å². The molecule has 2 N–H and O–H groups in total. The molecular formula is C12H16FN3. The molecule has 3 nitrogen and oxygen atoms in total. The lowest BCUT2D eigenvalue weighted by Crippen LogP contribution is -2.21. The van der Waals surface area contributed by atoms with Crippen molar-refractivity contribution in [2.24, 2.45) is 5.73 Å². The zero-order valence-electron chi connectivity index (χ0n) is 9.41. The Kier molecular flexibility index (Phi) is 4.90. The highest BCUT2D eigenvalue weighted by Crippen LogP contribution is 2.12. The predicted octanol–water partition coefficient (Wildman–Crippen LogP) is 1.48. The van der Waals surface area contributed by atoms with Crippen molar-refractivity contribution < 1.29 is 4.39 Å². The van der Waals surface area contributed by atoms with Crippen LogP contribution in [0.5, 0.6) is 0 Å². The van der Waals surface area contributed by atoms with Crippen molar-refractivity contribution in [1.82, 2.24) is 4.90 Å². The van der Waals surface area contributed by atoms with Gasteiger partial charge in [0, 0.05) is 6.54 Å². The highest BCUT2D eigenvalue weighted by atomic mass is 19.1. The first-order valence-electron chi connectivity index (χ1n) is 5.24. The van der Waals surface area contributed by atoms with Crippen molar-refractivity contribution in [1.29, 1.82) is 5.26 Å². The van der Waals surface area contributed by atoms with Gasteiger partial charge >= 0.3 is 0 Å². The lowest BCUT2D eigenvalue weighted by molar-refractivity contribution is 0.323. The van der Waals surface area contributed by atoms with E-state index in [1.807, 2.05) is 11.9 Å². The summed E-state index contributed by atoms with van der Waals surface area (Å²) in [5.41, 5.74) is 6.66. The first-order chi connectivity index (χ1) is 7.67. The molecule has 0 radical (unpaired) electrons. The fourth-order valence-corrected chi connectivity index (χ4v) is 1.53. The van der Waals surface area contributed by atoms with E-state index in [0.717, 1.165) is 18.5 Å². The molecule has 1 aromatic rings. The average molecular weight is 221 g/mol. The van der Waals surface area contributed by atoms with Gasteiger partial charge in [-0.15, -0.1) is 0 Å². The van der Waals surface area contributed by atoms with Crippen LogP contribution in [0.4, 0.5) is 4.39 Å². The Bertz CT molecular complexity index is 384. The van der Waals surface area contributed by atoms with E-state index in [1.165, 1.54) is 18.2 Å². The molecule has 0 saturated carbocycles. The van der Waals surface area contributed by atoms with E-state index in [9.17, 15) is 4.39 Å². The van der Waals surface area contributed by atoms with E-state index in [0.29, 0.717) is 18.7 Å². The zero-order valence-corrected chi connectivity index (χ0v) is 9.41. The number of halogens is 1. The molecule has 1 rings (SSSR count). The standard InChI is InChI=1S/C12H16FN3/c1-16(6-2-5-14)9-11-7-12(13)4-3-10(11)8-15/h3-4,7H,2,5-6,9,14H2,1H3. The summed E-state index contributed by atoms with van der Waals surface area (Å²) in [4.78, 5) is 2.03. The lowest BCUT2D eigenvalue weighted by Gasteiger charge is -2.16. The van der Waals surface area contributed by atoms with Gasteiger partial charge in [0.25, 0.3) is 0 Å². The summed E-state index contributed by atoms with van der Waals surface area (Å²) in [7, 11) is 1.93. The molecule has 0 spiro atoms. The summed E-state index contributed by atoms with van der Waals surface area (Å²) < 4.78 is 13.0. The highest BCUT2D eigenvalue weighted by molar-refractivity contribution is 5.37. The van der Waals surface area contributed by atoms with Crippen LogP contribution in [0.3, 0.4) is 0 Å². The van der Waals surface area contributed by atoms with Gasteiger partial charge in [-0.1, -0.05) is 0 Å². The Morgan fingerprint density at radius 2 is 2.25 bits per heavy atom. The van der Waals surface area contributed by atoms with Crippen molar-refractivity contribution in [3.63, 3.8) is 0 Å². The summed E-state index contributed by atoms with van der Waals surface area (Å²) in [6.45, 7) is 2.05. The summed E-state index contributed by atoms with van der Waals surface area (Å²) in [6, 6.07) is 6.30. The second-order valence-corrected chi connectivity index (χ2v) is 3.79. The van der Waals surface area contributed by atoms with Crippen LogP contribution in [0, 0.1) is 17.1 Å². The molecule has 86 valence electrons. The molecule has 0 saturated heterocycles. The molecule has 16 heavy (non-hydrogen) atoms. The zero-order chi connectivity index (χ0) is 12.0. The molecule has 0 unspecified atom stereocenters. The highest BCUT2D eigenvalue weighted by Gasteiger charge is 2.06. The fraction of sp³-hybridized carbons (Fsp3) is 0.417. The average Bonchev–Trinajstić information content (AvgIpc) is 2.27. The molecule has 0 atom stereocenters. The van der Waals surface area contributed by atoms with Crippen LogP contribution in [-0.2, 0) is 6.54 Å². The third-order valence-electron chi connectivity index (χ3n) is 2.37. The summed E-state index contributed by atoms with van der Waals surface area (Å²) in [5.74, 6) is -0.304. The predicted molar refractivity (Wildman–Crippen MR) is 61.1 cm³/mol. The molecule has 0 aliphatic heterocycles. The van der Waals surface area contributed by atoms with Gasteiger partial charge in [0.05, 0.1) is 11.6 Å². The number of rotatable bonds is 5. The third-order valence-corrected chi connectivity index (χ3v) is 2.37. The second kappa shape index (κ2) is 6.21. The number of hydrogen-bond donors (Lipinski definition) is 1. The van der Waals surface area contributed by atoms with Crippen molar-refractivity contribution in [2.45, 2.75) is 13.0 Å². The van der Waals surface area contributed by atoms with Crippen molar-refractivity contribution in [2.75, 3.05) is 20.1 Å². The van der Waals surface area contributed by atoms with Crippen LogP contribution in [0.25, 0.3) is 0 Å². The largest absolute Gasteiger partial charge is 0.330 e. The Morgan fingerprint density at radius 3 is 2.88 bits per heavy atom. The number of nitrogens with zero attached hydrogens (tertiary/aromatic N) is 2. The molecular weight excluding hydrogens is 205 g/mol. The van der Waals surface area contributed by atoms with Gasteiger partial charge in [-0.05, 0) is 50.3 Å². The van der Waals surface area contributed by atoms with Gasteiger partial charge in [0.15, 0.2) is 0 Å². The summed E-state index contributed by atoms with van der Waals surface area (Å²) in [5, 5.41) is 8.89. The normalized spacial score (nSPS) is 10.4. The molecule has 4 heteroatoms. The molecule has 0 amide bonds. The Labute approximate surface area is 95.3 Å². The van der Waals surface area contributed by atoms with Gasteiger partial charge in [-0.2, -0.15) is 5.26 Å². The smallest absolute Gasteiger partial charge is 0.123 e. The van der Waals surface area contributed by atoms with Gasteiger partial charge in [0.1, 0.15) is 5.82 Å². The van der Waals surface area contributed by atoms with Crippen LogP contribution < -0.4 is 5.73 Å². The topological polar surface area (TPSA) is 53.0 Å². The maximum Gasteiger partial charge on any atom is 0.123 e. The Hall–Kier alpha value is -1.44. The van der Waals surface area contributed by atoms with Crippen LogP contribution >= 0.6 is 0 Å². The molecule has 0 fully saturated rings. The summed E-state index contributed by atoms with van der Waals surface area (Å²) >= 11 is 0. The number of nitrogens with two attached hydrogens (primary N) is 1. The van der Waals surface area contributed by atoms with Gasteiger partial charge in [0.2, 0.25) is 0 Å². The number of hydrogen-bond acceptors (Lipinski definition) is 3. The van der Waals surface area contributed by atoms with E-state index in [2.05, 4.69) is 6.07 Å². The van der Waals surface area contributed by atoms with E-state index >= 15 is 0 Å². The van der Waals surface area contributed by atoms with E-state index in [-0.39, 0.29) is 5.82 Å². The van der Waals surface area contributed by atoms with Crippen molar-refractivity contribution in [3.8, 4) is 6.07 Å². The second-order valence-electron chi connectivity index (χ2n) is 3.79. The van der Waals surface area contributed by atoms with Crippen LogP contribution in [0.2, 0.25) is 0 Å². The SMILES string of the molecule is CN(CCCN)Cc1cc(F)ccc1C#N. The molecule has 0 heterocycles. The van der Waals surface area contributed by atoms with Gasteiger partial charge < -0.3 is 10.6 Å². The minimum atomic E-state index is -0.304. The van der Waals surface area contributed by atoms with Crippen LogP contribution in [0.15, 0.2) is 18.2 Å². The number of benzene rings is 1. The first-order valence-corrected chi connectivity index (χ1v) is 5.24. The maximum atomic E-state index is 13.0. The van der Waals surface area contributed by atoms with Gasteiger partial charge in [-0.25, -0.2) is 4.39 Å².